The zero-order valence-electron chi connectivity index (χ0n) is 10.9. The van der Waals surface area contributed by atoms with Crippen LogP contribution in [0.25, 0.3) is 0 Å². The summed E-state index contributed by atoms with van der Waals surface area (Å²) in [6.07, 6.45) is 1.13. The standard InChI is InChI=1S/C14H17NO3/c1-14(2,3)18-13(17)10-4-6-11-9(8-10)5-7-12(16)15-11/h4,6,8H,5,7H2,1-3H3,(H,15,16). The van der Waals surface area contributed by atoms with E-state index in [1.54, 1.807) is 18.2 Å². The molecule has 2 rings (SSSR count). The van der Waals surface area contributed by atoms with E-state index in [0.29, 0.717) is 18.4 Å². The molecule has 0 unspecified atom stereocenters. The molecule has 1 aromatic carbocycles. The van der Waals surface area contributed by atoms with Gasteiger partial charge in [-0.1, -0.05) is 0 Å². The summed E-state index contributed by atoms with van der Waals surface area (Å²) in [5.41, 5.74) is 1.80. The molecule has 0 fully saturated rings. The van der Waals surface area contributed by atoms with Crippen molar-refractivity contribution < 1.29 is 14.3 Å². The summed E-state index contributed by atoms with van der Waals surface area (Å²) in [5, 5.41) is 2.78. The van der Waals surface area contributed by atoms with Gasteiger partial charge in [0, 0.05) is 12.1 Å². The SMILES string of the molecule is CC(C)(C)OC(=O)c1ccc2c(c1)CCC(=O)N2. The summed E-state index contributed by atoms with van der Waals surface area (Å²) in [7, 11) is 0. The van der Waals surface area contributed by atoms with Gasteiger partial charge in [0.05, 0.1) is 5.56 Å². The number of anilines is 1. The molecule has 0 bridgehead atoms. The first-order valence-electron chi connectivity index (χ1n) is 6.01. The van der Waals surface area contributed by atoms with Crippen LogP contribution in [-0.4, -0.2) is 17.5 Å². The molecule has 1 amide bonds. The Morgan fingerprint density at radius 3 is 2.67 bits per heavy atom. The van der Waals surface area contributed by atoms with Crippen LogP contribution in [0.15, 0.2) is 18.2 Å². The first-order chi connectivity index (χ1) is 8.35. The van der Waals surface area contributed by atoms with E-state index in [4.69, 9.17) is 4.74 Å². The third-order valence-corrected chi connectivity index (χ3v) is 2.64. The Kier molecular flexibility index (Phi) is 3.11. The lowest BCUT2D eigenvalue weighted by molar-refractivity contribution is -0.116. The quantitative estimate of drug-likeness (QED) is 0.776. The average Bonchev–Trinajstić information content (AvgIpc) is 2.26. The number of hydrogen-bond acceptors (Lipinski definition) is 3. The van der Waals surface area contributed by atoms with Crippen LogP contribution in [0, 0.1) is 0 Å². The molecule has 18 heavy (non-hydrogen) atoms. The minimum Gasteiger partial charge on any atom is -0.456 e. The van der Waals surface area contributed by atoms with E-state index >= 15 is 0 Å². The Balaban J connectivity index is 2.21. The Bertz CT molecular complexity index is 500. The van der Waals surface area contributed by atoms with E-state index in [1.807, 2.05) is 20.8 Å². The molecule has 0 spiro atoms. The highest BCUT2D eigenvalue weighted by Crippen LogP contribution is 2.24. The van der Waals surface area contributed by atoms with Gasteiger partial charge in [0.15, 0.2) is 0 Å². The zero-order chi connectivity index (χ0) is 13.3. The summed E-state index contributed by atoms with van der Waals surface area (Å²) in [4.78, 5) is 23.1. The molecule has 96 valence electrons. The Morgan fingerprint density at radius 1 is 1.28 bits per heavy atom. The number of benzene rings is 1. The lowest BCUT2D eigenvalue weighted by atomic mass is 10.0. The molecule has 0 saturated heterocycles. The van der Waals surface area contributed by atoms with E-state index in [-0.39, 0.29) is 11.9 Å². The van der Waals surface area contributed by atoms with Crippen molar-refractivity contribution in [1.29, 1.82) is 0 Å². The number of fused-ring (bicyclic) bond motifs is 1. The summed E-state index contributed by atoms with van der Waals surface area (Å²) < 4.78 is 5.31. The molecule has 1 aliphatic rings. The number of aryl methyl sites for hydroxylation is 1. The van der Waals surface area contributed by atoms with E-state index in [0.717, 1.165) is 11.3 Å². The molecule has 0 atom stereocenters. The fourth-order valence-electron chi connectivity index (χ4n) is 1.85. The van der Waals surface area contributed by atoms with E-state index < -0.39 is 5.60 Å². The number of carbonyl (C=O) groups excluding carboxylic acids is 2. The Labute approximate surface area is 106 Å². The maximum atomic E-state index is 11.9. The normalized spacial score (nSPS) is 14.7. The lowest BCUT2D eigenvalue weighted by Gasteiger charge is -2.21. The van der Waals surface area contributed by atoms with Crippen LogP contribution in [-0.2, 0) is 16.0 Å². The Hall–Kier alpha value is -1.84. The van der Waals surface area contributed by atoms with Crippen molar-refractivity contribution in [1.82, 2.24) is 0 Å². The smallest absolute Gasteiger partial charge is 0.338 e. The van der Waals surface area contributed by atoms with Gasteiger partial charge in [-0.3, -0.25) is 4.79 Å². The second-order valence-corrected chi connectivity index (χ2v) is 5.42. The molecular formula is C14H17NO3. The topological polar surface area (TPSA) is 55.4 Å². The van der Waals surface area contributed by atoms with Crippen molar-refractivity contribution in [3.63, 3.8) is 0 Å². The zero-order valence-corrected chi connectivity index (χ0v) is 10.9. The van der Waals surface area contributed by atoms with Gasteiger partial charge in [0.2, 0.25) is 5.91 Å². The molecule has 1 N–H and O–H groups in total. The van der Waals surface area contributed by atoms with Crippen LogP contribution in [0.3, 0.4) is 0 Å². The largest absolute Gasteiger partial charge is 0.456 e. The van der Waals surface area contributed by atoms with Crippen molar-refractivity contribution in [2.24, 2.45) is 0 Å². The third-order valence-electron chi connectivity index (χ3n) is 2.64. The fourth-order valence-corrected chi connectivity index (χ4v) is 1.85. The van der Waals surface area contributed by atoms with Gasteiger partial charge in [-0.05, 0) is 51.0 Å². The minimum atomic E-state index is -0.499. The highest BCUT2D eigenvalue weighted by Gasteiger charge is 2.20. The lowest BCUT2D eigenvalue weighted by Crippen LogP contribution is -2.24. The Morgan fingerprint density at radius 2 is 2.00 bits per heavy atom. The second kappa shape index (κ2) is 4.44. The number of carbonyl (C=O) groups is 2. The van der Waals surface area contributed by atoms with Crippen molar-refractivity contribution in [3.05, 3.63) is 29.3 Å². The van der Waals surface area contributed by atoms with Gasteiger partial charge in [0.1, 0.15) is 5.60 Å². The van der Waals surface area contributed by atoms with Crippen LogP contribution < -0.4 is 5.32 Å². The van der Waals surface area contributed by atoms with Gasteiger partial charge < -0.3 is 10.1 Å². The molecule has 0 aromatic heterocycles. The van der Waals surface area contributed by atoms with Gasteiger partial charge in [-0.15, -0.1) is 0 Å². The van der Waals surface area contributed by atoms with Gasteiger partial charge in [0.25, 0.3) is 0 Å². The van der Waals surface area contributed by atoms with Crippen LogP contribution in [0.2, 0.25) is 0 Å². The number of nitrogens with one attached hydrogen (secondary N) is 1. The number of amides is 1. The number of rotatable bonds is 1. The van der Waals surface area contributed by atoms with Crippen LogP contribution >= 0.6 is 0 Å². The van der Waals surface area contributed by atoms with Crippen molar-refractivity contribution in [3.8, 4) is 0 Å². The third kappa shape index (κ3) is 2.88. The van der Waals surface area contributed by atoms with Crippen molar-refractivity contribution in [2.75, 3.05) is 5.32 Å². The molecule has 1 heterocycles. The molecule has 4 heteroatoms. The molecule has 1 aliphatic heterocycles. The summed E-state index contributed by atoms with van der Waals surface area (Å²) in [6.45, 7) is 5.51. The van der Waals surface area contributed by atoms with Crippen molar-refractivity contribution in [2.45, 2.75) is 39.2 Å². The number of esters is 1. The van der Waals surface area contributed by atoms with Crippen LogP contribution in [0.4, 0.5) is 5.69 Å². The fraction of sp³-hybridized carbons (Fsp3) is 0.429. The maximum Gasteiger partial charge on any atom is 0.338 e. The summed E-state index contributed by atoms with van der Waals surface area (Å²) >= 11 is 0. The molecule has 1 aromatic rings. The minimum absolute atomic E-state index is 0.0209. The van der Waals surface area contributed by atoms with E-state index in [9.17, 15) is 9.59 Å². The molecule has 0 saturated carbocycles. The predicted molar refractivity (Wildman–Crippen MR) is 68.6 cm³/mol. The van der Waals surface area contributed by atoms with E-state index in [1.165, 1.54) is 0 Å². The van der Waals surface area contributed by atoms with Gasteiger partial charge in [-0.2, -0.15) is 0 Å². The monoisotopic (exact) mass is 247 g/mol. The van der Waals surface area contributed by atoms with Gasteiger partial charge >= 0.3 is 5.97 Å². The predicted octanol–water partition coefficient (Wildman–Crippen LogP) is 2.53. The second-order valence-electron chi connectivity index (χ2n) is 5.42. The van der Waals surface area contributed by atoms with Gasteiger partial charge in [-0.25, -0.2) is 4.79 Å². The number of ether oxygens (including phenoxy) is 1. The van der Waals surface area contributed by atoms with Crippen LogP contribution in [0.1, 0.15) is 43.1 Å². The number of hydrogen-bond donors (Lipinski definition) is 1. The highest BCUT2D eigenvalue weighted by atomic mass is 16.6. The first-order valence-corrected chi connectivity index (χ1v) is 6.01. The highest BCUT2D eigenvalue weighted by molar-refractivity contribution is 5.96. The molecule has 0 radical (unpaired) electrons. The summed E-state index contributed by atoms with van der Waals surface area (Å²) in [6, 6.07) is 5.23. The van der Waals surface area contributed by atoms with Crippen molar-refractivity contribution >= 4 is 17.6 Å². The average molecular weight is 247 g/mol. The van der Waals surface area contributed by atoms with Crippen LogP contribution in [0.5, 0.6) is 0 Å². The first kappa shape index (κ1) is 12.6. The van der Waals surface area contributed by atoms with E-state index in [2.05, 4.69) is 5.32 Å². The summed E-state index contributed by atoms with van der Waals surface area (Å²) in [5.74, 6) is -0.310. The molecular weight excluding hydrogens is 230 g/mol. The molecule has 0 aliphatic carbocycles. The molecule has 4 nitrogen and oxygen atoms in total. The maximum absolute atomic E-state index is 11.9.